The Balaban J connectivity index is 2.93. The molecule has 190 valence electrons. The molecule has 14 nitrogen and oxygen atoms in total. The first-order valence-electron chi connectivity index (χ1n) is 10.7. The van der Waals surface area contributed by atoms with Crippen molar-refractivity contribution in [3.8, 4) is 0 Å². The van der Waals surface area contributed by atoms with Crippen molar-refractivity contribution in [3.05, 3.63) is 18.2 Å². The van der Waals surface area contributed by atoms with Crippen LogP contribution in [0.25, 0.3) is 0 Å². The minimum atomic E-state index is -1.49. The zero-order chi connectivity index (χ0) is 25.8. The molecule has 1 rings (SSSR count). The highest BCUT2D eigenvalue weighted by Crippen LogP contribution is 2.08. The predicted octanol–water partition coefficient (Wildman–Crippen LogP) is -2.28. The Kier molecular flexibility index (Phi) is 11.7. The van der Waals surface area contributed by atoms with Crippen LogP contribution in [0.2, 0.25) is 0 Å². The van der Waals surface area contributed by atoms with Gasteiger partial charge in [-0.2, -0.15) is 0 Å². The molecule has 0 spiro atoms. The van der Waals surface area contributed by atoms with E-state index in [0.29, 0.717) is 12.1 Å². The maximum Gasteiger partial charge on any atom is 0.326 e. The van der Waals surface area contributed by atoms with E-state index in [2.05, 4.69) is 25.9 Å². The van der Waals surface area contributed by atoms with Crippen LogP contribution >= 0.6 is 0 Å². The molecule has 0 aromatic carbocycles. The number of nitrogens with one attached hydrogen (secondary N) is 4. The second-order valence-corrected chi connectivity index (χ2v) is 7.83. The molecule has 1 aromatic heterocycles. The van der Waals surface area contributed by atoms with Crippen molar-refractivity contribution < 1.29 is 39.3 Å². The second-order valence-electron chi connectivity index (χ2n) is 7.83. The SMILES string of the molecule is CCC(C)C(NC(=O)C(CO)NC(=O)C(Cc1cnc[nH]1)NC(=O)C(N)CCC(=O)O)C(=O)O. The lowest BCUT2D eigenvalue weighted by atomic mass is 9.99. The van der Waals surface area contributed by atoms with E-state index in [-0.39, 0.29) is 19.3 Å². The van der Waals surface area contributed by atoms with Crippen molar-refractivity contribution in [1.29, 1.82) is 0 Å². The third-order valence-corrected chi connectivity index (χ3v) is 5.21. The fourth-order valence-electron chi connectivity index (χ4n) is 2.92. The molecule has 0 bridgehead atoms. The van der Waals surface area contributed by atoms with Gasteiger partial charge in [0.2, 0.25) is 17.7 Å². The number of carboxylic acid groups (broad SMARTS) is 2. The van der Waals surface area contributed by atoms with E-state index in [4.69, 9.17) is 10.8 Å². The van der Waals surface area contributed by atoms with E-state index in [1.54, 1.807) is 13.8 Å². The van der Waals surface area contributed by atoms with Gasteiger partial charge in [0.1, 0.15) is 18.1 Å². The molecule has 9 N–H and O–H groups in total. The molecular weight excluding hydrogens is 452 g/mol. The minimum Gasteiger partial charge on any atom is -0.481 e. The average Bonchev–Trinajstić information content (AvgIpc) is 3.30. The highest BCUT2D eigenvalue weighted by molar-refractivity contribution is 5.94. The topological polar surface area (TPSA) is 237 Å². The number of carbonyl (C=O) groups excluding carboxylic acids is 3. The van der Waals surface area contributed by atoms with Gasteiger partial charge >= 0.3 is 11.9 Å². The number of aromatic amines is 1. The fourth-order valence-corrected chi connectivity index (χ4v) is 2.92. The van der Waals surface area contributed by atoms with Crippen molar-refractivity contribution in [2.75, 3.05) is 6.61 Å². The summed E-state index contributed by atoms with van der Waals surface area (Å²) in [7, 11) is 0. The number of carbonyl (C=O) groups is 5. The summed E-state index contributed by atoms with van der Waals surface area (Å²) in [4.78, 5) is 66.6. The van der Waals surface area contributed by atoms with E-state index in [0.717, 1.165) is 0 Å². The molecule has 0 aliphatic heterocycles. The normalized spacial score (nSPS) is 15.3. The first-order valence-corrected chi connectivity index (χ1v) is 10.7. The highest BCUT2D eigenvalue weighted by atomic mass is 16.4. The fraction of sp³-hybridized carbons (Fsp3) is 0.600. The lowest BCUT2D eigenvalue weighted by molar-refractivity contribution is -0.144. The van der Waals surface area contributed by atoms with Crippen LogP contribution in [0.3, 0.4) is 0 Å². The molecule has 5 unspecified atom stereocenters. The molecule has 1 aromatic rings. The molecule has 14 heteroatoms. The summed E-state index contributed by atoms with van der Waals surface area (Å²) in [6.07, 6.45) is 2.65. The van der Waals surface area contributed by atoms with Crippen LogP contribution in [-0.2, 0) is 30.4 Å². The Bertz CT molecular complexity index is 846. The lowest BCUT2D eigenvalue weighted by Crippen LogP contribution is -2.59. The van der Waals surface area contributed by atoms with Crippen molar-refractivity contribution in [1.82, 2.24) is 25.9 Å². The predicted molar refractivity (Wildman–Crippen MR) is 117 cm³/mol. The smallest absolute Gasteiger partial charge is 0.326 e. The number of hydrogen-bond acceptors (Lipinski definition) is 8. The van der Waals surface area contributed by atoms with Crippen molar-refractivity contribution in [3.63, 3.8) is 0 Å². The van der Waals surface area contributed by atoms with Gasteiger partial charge in [-0.3, -0.25) is 19.2 Å². The second kappa shape index (κ2) is 13.9. The highest BCUT2D eigenvalue weighted by Gasteiger charge is 2.32. The lowest BCUT2D eigenvalue weighted by Gasteiger charge is -2.25. The number of imidazole rings is 1. The summed E-state index contributed by atoms with van der Waals surface area (Å²) in [6.45, 7) is 2.56. The quantitative estimate of drug-likeness (QED) is 0.133. The summed E-state index contributed by atoms with van der Waals surface area (Å²) < 4.78 is 0. The number of aliphatic hydroxyl groups excluding tert-OH is 1. The first-order chi connectivity index (χ1) is 16.0. The van der Waals surface area contributed by atoms with Gasteiger partial charge < -0.3 is 42.0 Å². The number of H-pyrrole nitrogens is 1. The number of hydrogen-bond donors (Lipinski definition) is 8. The summed E-state index contributed by atoms with van der Waals surface area (Å²) in [5, 5.41) is 34.7. The molecule has 0 aliphatic rings. The monoisotopic (exact) mass is 484 g/mol. The zero-order valence-electron chi connectivity index (χ0n) is 19.0. The number of rotatable bonds is 15. The zero-order valence-corrected chi connectivity index (χ0v) is 19.0. The van der Waals surface area contributed by atoms with Gasteiger partial charge in [0.05, 0.1) is 19.0 Å². The van der Waals surface area contributed by atoms with Gasteiger partial charge in [-0.05, 0) is 12.3 Å². The van der Waals surface area contributed by atoms with Gasteiger partial charge in [0, 0.05) is 24.7 Å². The standard InChI is InChI=1S/C20H32N6O8/c1-3-10(2)16(20(33)34)26-19(32)14(8-27)25-18(31)13(6-11-7-22-9-23-11)24-17(30)12(21)4-5-15(28)29/h7,9-10,12-14,16,27H,3-6,8,21H2,1-2H3,(H,22,23)(H,24,30)(H,25,31)(H,26,32)(H,28,29)(H,33,34). The third kappa shape index (κ3) is 9.15. The molecular formula is C20H32N6O8. The Hall–Kier alpha value is -3.52. The maximum absolute atomic E-state index is 12.9. The van der Waals surface area contributed by atoms with Crippen LogP contribution in [0.1, 0.15) is 38.8 Å². The summed E-state index contributed by atoms with van der Waals surface area (Å²) in [5.74, 6) is -5.34. The van der Waals surface area contributed by atoms with Crippen molar-refractivity contribution >= 4 is 29.7 Å². The van der Waals surface area contributed by atoms with E-state index in [9.17, 15) is 34.2 Å². The Labute approximate surface area is 195 Å². The van der Waals surface area contributed by atoms with E-state index in [1.807, 2.05) is 0 Å². The average molecular weight is 485 g/mol. The maximum atomic E-state index is 12.9. The van der Waals surface area contributed by atoms with Crippen LogP contribution in [-0.4, -0.2) is 85.7 Å². The van der Waals surface area contributed by atoms with Gasteiger partial charge in [-0.25, -0.2) is 9.78 Å². The Morgan fingerprint density at radius 1 is 1.06 bits per heavy atom. The molecule has 1 heterocycles. The van der Waals surface area contributed by atoms with Crippen LogP contribution < -0.4 is 21.7 Å². The number of nitrogens with zero attached hydrogens (tertiary/aromatic N) is 1. The molecule has 0 aliphatic carbocycles. The van der Waals surface area contributed by atoms with Crippen LogP contribution in [0.15, 0.2) is 12.5 Å². The third-order valence-electron chi connectivity index (χ3n) is 5.21. The summed E-state index contributed by atoms with van der Waals surface area (Å²) >= 11 is 0. The number of carboxylic acids is 2. The number of nitrogens with two attached hydrogens (primary N) is 1. The molecule has 34 heavy (non-hydrogen) atoms. The van der Waals surface area contributed by atoms with Crippen molar-refractivity contribution in [2.24, 2.45) is 11.7 Å². The van der Waals surface area contributed by atoms with Gasteiger partial charge in [0.15, 0.2) is 0 Å². The number of aromatic nitrogens is 2. The van der Waals surface area contributed by atoms with E-state index in [1.165, 1.54) is 12.5 Å². The number of aliphatic carboxylic acids is 2. The van der Waals surface area contributed by atoms with Gasteiger partial charge in [0.25, 0.3) is 0 Å². The van der Waals surface area contributed by atoms with Crippen LogP contribution in [0, 0.1) is 5.92 Å². The molecule has 5 atom stereocenters. The molecule has 0 radical (unpaired) electrons. The van der Waals surface area contributed by atoms with Crippen molar-refractivity contribution in [2.45, 2.75) is 63.7 Å². The van der Waals surface area contributed by atoms with Gasteiger partial charge in [-0.1, -0.05) is 20.3 Å². The number of aliphatic hydroxyl groups is 1. The summed E-state index contributed by atoms with van der Waals surface area (Å²) in [5.41, 5.74) is 6.17. The molecule has 3 amide bonds. The van der Waals surface area contributed by atoms with Gasteiger partial charge in [-0.15, -0.1) is 0 Å². The first kappa shape index (κ1) is 28.5. The molecule has 0 saturated carbocycles. The van der Waals surface area contributed by atoms with Crippen LogP contribution in [0.4, 0.5) is 0 Å². The minimum absolute atomic E-state index is 0.0758. The molecule has 0 saturated heterocycles. The van der Waals surface area contributed by atoms with E-state index >= 15 is 0 Å². The summed E-state index contributed by atoms with van der Waals surface area (Å²) in [6, 6.07) is -5.16. The Morgan fingerprint density at radius 2 is 1.68 bits per heavy atom. The Morgan fingerprint density at radius 3 is 2.18 bits per heavy atom. The van der Waals surface area contributed by atoms with Crippen LogP contribution in [0.5, 0.6) is 0 Å². The number of amides is 3. The largest absolute Gasteiger partial charge is 0.481 e. The molecule has 0 fully saturated rings. The van der Waals surface area contributed by atoms with E-state index < -0.39 is 66.4 Å².